The normalized spacial score (nSPS) is 12.4. The summed E-state index contributed by atoms with van der Waals surface area (Å²) < 4.78 is 12.0. The molecule has 1 N–H and O–H groups in total. The Bertz CT molecular complexity index is 151. The molecule has 9 heteroatoms. The quantitative estimate of drug-likeness (QED) is 0.434. The first-order valence-corrected chi connectivity index (χ1v) is 3.35. The van der Waals surface area contributed by atoms with E-state index in [4.69, 9.17) is 0 Å². The Morgan fingerprint density at radius 2 is 2.00 bits per heavy atom. The summed E-state index contributed by atoms with van der Waals surface area (Å²) in [5, 5.41) is 9.54. The SMILES string of the molecule is O=C([O-])[O][Al]1[O]C(=O)[O]1.[Mg+2].[OH-]. The van der Waals surface area contributed by atoms with Crippen LogP contribution in [0.1, 0.15) is 0 Å². The first-order chi connectivity index (χ1) is 4.18. The molecule has 0 aromatic rings. The summed E-state index contributed by atoms with van der Waals surface area (Å²) in [7, 11) is 0. The molecule has 1 aliphatic heterocycles. The van der Waals surface area contributed by atoms with Gasteiger partial charge in [0.25, 0.3) is 0 Å². The van der Waals surface area contributed by atoms with E-state index in [0.29, 0.717) is 0 Å². The van der Waals surface area contributed by atoms with Gasteiger partial charge in [0.05, 0.1) is 0 Å². The van der Waals surface area contributed by atoms with Crippen LogP contribution in [0, 0.1) is 0 Å². The summed E-state index contributed by atoms with van der Waals surface area (Å²) in [6.07, 6.45) is -2.63. The molecule has 0 unspecified atom stereocenters. The van der Waals surface area contributed by atoms with Crippen molar-refractivity contribution in [2.75, 3.05) is 0 Å². The van der Waals surface area contributed by atoms with Crippen LogP contribution in [0.4, 0.5) is 9.59 Å². The minimum atomic E-state index is -2.63. The molecule has 0 aliphatic carbocycles. The molecule has 0 aromatic carbocycles. The molecule has 0 radical (unpaired) electrons. The molecule has 1 aliphatic rings. The number of carbonyl (C=O) groups excluding carboxylic acids is 2. The molecular formula is C2HAlMgO7. The van der Waals surface area contributed by atoms with Gasteiger partial charge in [0.2, 0.25) is 6.16 Å². The Labute approximate surface area is 82.1 Å². The van der Waals surface area contributed by atoms with Crippen LogP contribution in [0.2, 0.25) is 0 Å². The van der Waals surface area contributed by atoms with Crippen LogP contribution < -0.4 is 5.11 Å². The van der Waals surface area contributed by atoms with Crippen molar-refractivity contribution in [3.8, 4) is 0 Å². The smallest absolute Gasteiger partial charge is 0.870 e. The van der Waals surface area contributed by atoms with Crippen molar-refractivity contribution in [1.29, 1.82) is 0 Å². The van der Waals surface area contributed by atoms with Crippen LogP contribution >= 0.6 is 0 Å². The fourth-order valence-corrected chi connectivity index (χ4v) is 0.878. The van der Waals surface area contributed by atoms with Gasteiger partial charge >= 0.3 is 44.4 Å². The molecule has 1 rings (SSSR count). The Balaban J connectivity index is 0. The molecule has 1 heterocycles. The van der Waals surface area contributed by atoms with Gasteiger partial charge in [-0.05, 0) is 0 Å². The Morgan fingerprint density at radius 1 is 1.55 bits per heavy atom. The van der Waals surface area contributed by atoms with Crippen molar-refractivity contribution in [2.45, 2.75) is 0 Å². The fourth-order valence-electron chi connectivity index (χ4n) is 0.293. The maximum absolute atomic E-state index is 9.79. The van der Waals surface area contributed by atoms with Crippen molar-refractivity contribution in [2.24, 2.45) is 0 Å². The van der Waals surface area contributed by atoms with E-state index in [-0.39, 0.29) is 28.5 Å². The van der Waals surface area contributed by atoms with Crippen LogP contribution in [0.15, 0.2) is 0 Å². The summed E-state index contributed by atoms with van der Waals surface area (Å²) in [4.78, 5) is 19.3. The zero-order chi connectivity index (χ0) is 6.85. The third-order valence-corrected chi connectivity index (χ3v) is 1.73. The third-order valence-electron chi connectivity index (χ3n) is 0.577. The van der Waals surface area contributed by atoms with E-state index in [2.05, 4.69) is 11.4 Å². The number of hydrogen-bond acceptors (Lipinski definition) is 7. The Hall–Kier alpha value is -0.201. The second kappa shape index (κ2) is 5.45. The van der Waals surface area contributed by atoms with Crippen molar-refractivity contribution in [1.82, 2.24) is 0 Å². The van der Waals surface area contributed by atoms with E-state index in [0.717, 1.165) is 0 Å². The number of rotatable bonds is 1. The van der Waals surface area contributed by atoms with E-state index in [1.54, 1.807) is 0 Å². The maximum atomic E-state index is 9.79. The second-order valence-electron chi connectivity index (χ2n) is 1.14. The molecule has 7 nitrogen and oxygen atoms in total. The van der Waals surface area contributed by atoms with Gasteiger partial charge in [-0.1, -0.05) is 0 Å². The summed E-state index contributed by atoms with van der Waals surface area (Å²) >= 11 is -2.63. The zero-order valence-corrected chi connectivity index (χ0v) is 7.75. The van der Waals surface area contributed by atoms with Gasteiger partial charge in [-0.2, -0.15) is 0 Å². The van der Waals surface area contributed by atoms with E-state index in [9.17, 15) is 14.7 Å². The van der Waals surface area contributed by atoms with Gasteiger partial charge in [0, 0.05) is 0 Å². The van der Waals surface area contributed by atoms with E-state index >= 15 is 0 Å². The van der Waals surface area contributed by atoms with Gasteiger partial charge in [0.15, 0.2) is 0 Å². The molecule has 11 heavy (non-hydrogen) atoms. The van der Waals surface area contributed by atoms with Crippen LogP contribution in [0.3, 0.4) is 0 Å². The molecule has 56 valence electrons. The predicted octanol–water partition coefficient (Wildman–Crippen LogP) is -2.06. The average Bonchev–Trinajstić information content (AvgIpc) is 1.60. The van der Waals surface area contributed by atoms with Crippen LogP contribution in [0.25, 0.3) is 0 Å². The maximum Gasteiger partial charge on any atom is 2.00 e. The minimum Gasteiger partial charge on any atom is -0.870 e. The monoisotopic (exact) mass is 188 g/mol. The van der Waals surface area contributed by atoms with Crippen LogP contribution in [-0.4, -0.2) is 56.0 Å². The Kier molecular flexibility index (Phi) is 6.63. The summed E-state index contributed by atoms with van der Waals surface area (Å²) in [5.41, 5.74) is 0. The number of carboxylic acid groups (broad SMARTS) is 1. The minimum absolute atomic E-state index is 0. The van der Waals surface area contributed by atoms with Gasteiger partial charge in [-0.25, -0.2) is 4.79 Å². The fraction of sp³-hybridized carbons (Fsp3) is 0. The van der Waals surface area contributed by atoms with Gasteiger partial charge in [0.1, 0.15) is 0 Å². The van der Waals surface area contributed by atoms with Gasteiger partial charge in [-0.15, -0.1) is 0 Å². The molecule has 0 saturated carbocycles. The molecule has 0 atom stereocenters. The van der Waals surface area contributed by atoms with Crippen molar-refractivity contribution >= 4 is 50.5 Å². The largest absolute Gasteiger partial charge is 2.00 e. The van der Waals surface area contributed by atoms with Crippen LogP contribution in [0.5, 0.6) is 0 Å². The van der Waals surface area contributed by atoms with E-state index < -0.39 is 27.5 Å². The second-order valence-corrected chi connectivity index (χ2v) is 2.43. The summed E-state index contributed by atoms with van der Waals surface area (Å²) in [5.74, 6) is 0. The molecule has 0 aromatic heterocycles. The molecule has 0 amide bonds. The number of carbonyl (C=O) groups is 2. The van der Waals surface area contributed by atoms with Gasteiger partial charge in [-0.3, -0.25) is 0 Å². The van der Waals surface area contributed by atoms with Crippen LogP contribution in [-0.2, 0) is 11.4 Å². The predicted molar refractivity (Wildman–Crippen MR) is 27.5 cm³/mol. The average molecular weight is 188 g/mol. The van der Waals surface area contributed by atoms with Crippen molar-refractivity contribution in [3.05, 3.63) is 0 Å². The summed E-state index contributed by atoms with van der Waals surface area (Å²) in [6.45, 7) is 0. The van der Waals surface area contributed by atoms with Crippen molar-refractivity contribution in [3.63, 3.8) is 0 Å². The van der Waals surface area contributed by atoms with E-state index in [1.807, 2.05) is 0 Å². The molecule has 1 fully saturated rings. The molecular weight excluding hydrogens is 187 g/mol. The molecule has 1 saturated heterocycles. The standard InChI is InChI=1S/2CH2O3.Al.Mg.H2O/c2*2-1(3)4;;;/h2*(H2,2,3,4);;;1H2/q;;+3;+2;/p-5. The van der Waals surface area contributed by atoms with Crippen molar-refractivity contribution < 1.29 is 31.5 Å². The zero-order valence-electron chi connectivity index (χ0n) is 5.18. The van der Waals surface area contributed by atoms with Gasteiger partial charge < -0.3 is 26.7 Å². The first-order valence-electron chi connectivity index (χ1n) is 1.93. The van der Waals surface area contributed by atoms with E-state index in [1.165, 1.54) is 0 Å². The number of hydrogen-bond donors (Lipinski definition) is 0. The third kappa shape index (κ3) is 4.28. The molecule has 0 spiro atoms. The summed E-state index contributed by atoms with van der Waals surface area (Å²) in [6, 6.07) is 0. The topological polar surface area (TPSA) is 115 Å². The first kappa shape index (κ1) is 13.4. The molecule has 0 bridgehead atoms. The Morgan fingerprint density at radius 3 is 2.27 bits per heavy atom.